The molecule has 0 fully saturated rings. The Balaban J connectivity index is 2.58. The summed E-state index contributed by atoms with van der Waals surface area (Å²) >= 11 is 0. The molecule has 1 amide bonds. The van der Waals surface area contributed by atoms with E-state index in [1.807, 2.05) is 6.07 Å². The SMILES string of the molecule is CCOC(=O)/C=C/C(=O)OCC(=O)N(CC#N)c1ccccc1. The van der Waals surface area contributed by atoms with Gasteiger partial charge in [-0.15, -0.1) is 0 Å². The fourth-order valence-corrected chi connectivity index (χ4v) is 1.59. The molecule has 0 aliphatic rings. The summed E-state index contributed by atoms with van der Waals surface area (Å²) in [6.07, 6.45) is 1.79. The summed E-state index contributed by atoms with van der Waals surface area (Å²) in [5.41, 5.74) is 0.525. The molecule has 0 saturated heterocycles. The van der Waals surface area contributed by atoms with Gasteiger partial charge >= 0.3 is 11.9 Å². The molecule has 120 valence electrons. The maximum atomic E-state index is 12.1. The van der Waals surface area contributed by atoms with Gasteiger partial charge in [0.25, 0.3) is 5.91 Å². The standard InChI is InChI=1S/C16H16N2O5/c1-2-22-15(20)8-9-16(21)23-12-14(19)18(11-10-17)13-6-4-3-5-7-13/h3-9H,2,11-12H2,1H3/b9-8+. The zero-order valence-corrected chi connectivity index (χ0v) is 12.6. The molecule has 0 aliphatic carbocycles. The van der Waals surface area contributed by atoms with Crippen LogP contribution >= 0.6 is 0 Å². The topological polar surface area (TPSA) is 96.7 Å². The number of carbonyl (C=O) groups is 3. The molecule has 0 aromatic heterocycles. The molecule has 0 radical (unpaired) electrons. The van der Waals surface area contributed by atoms with Crippen LogP contribution in [-0.4, -0.2) is 37.6 Å². The number of para-hydroxylation sites is 1. The molecule has 0 N–H and O–H groups in total. The molecule has 0 saturated carbocycles. The Kier molecular flexibility index (Phi) is 7.58. The highest BCUT2D eigenvalue weighted by Crippen LogP contribution is 2.13. The predicted molar refractivity (Wildman–Crippen MR) is 81.1 cm³/mol. The summed E-state index contributed by atoms with van der Waals surface area (Å²) in [6, 6.07) is 10.4. The Morgan fingerprint density at radius 1 is 1.13 bits per heavy atom. The Morgan fingerprint density at radius 3 is 2.30 bits per heavy atom. The molecular weight excluding hydrogens is 300 g/mol. The second-order valence-electron chi connectivity index (χ2n) is 4.17. The lowest BCUT2D eigenvalue weighted by molar-refractivity contribution is -0.143. The number of benzene rings is 1. The number of ether oxygens (including phenoxy) is 2. The van der Waals surface area contributed by atoms with Crippen LogP contribution in [0.15, 0.2) is 42.5 Å². The highest BCUT2D eigenvalue weighted by atomic mass is 16.5. The smallest absolute Gasteiger partial charge is 0.331 e. The zero-order valence-electron chi connectivity index (χ0n) is 12.6. The number of nitrogens with zero attached hydrogens (tertiary/aromatic N) is 2. The molecular formula is C16H16N2O5. The third kappa shape index (κ3) is 6.44. The minimum atomic E-state index is -0.851. The Labute approximate surface area is 133 Å². The summed E-state index contributed by atoms with van der Waals surface area (Å²) in [5.74, 6) is -2.07. The average molecular weight is 316 g/mol. The van der Waals surface area contributed by atoms with Crippen molar-refractivity contribution in [1.82, 2.24) is 0 Å². The normalized spacial score (nSPS) is 9.91. The fraction of sp³-hybridized carbons (Fsp3) is 0.250. The van der Waals surface area contributed by atoms with Crippen LogP contribution in [0.3, 0.4) is 0 Å². The number of carbonyl (C=O) groups excluding carboxylic acids is 3. The summed E-state index contributed by atoms with van der Waals surface area (Å²) in [7, 11) is 0. The molecule has 7 nitrogen and oxygen atoms in total. The van der Waals surface area contributed by atoms with E-state index in [-0.39, 0.29) is 13.2 Å². The fourth-order valence-electron chi connectivity index (χ4n) is 1.59. The molecule has 1 rings (SSSR count). The van der Waals surface area contributed by atoms with E-state index < -0.39 is 24.5 Å². The molecule has 23 heavy (non-hydrogen) atoms. The predicted octanol–water partition coefficient (Wildman–Crippen LogP) is 1.21. The van der Waals surface area contributed by atoms with Crippen molar-refractivity contribution in [3.05, 3.63) is 42.5 Å². The molecule has 7 heteroatoms. The van der Waals surface area contributed by atoms with E-state index in [0.717, 1.165) is 12.2 Å². The van der Waals surface area contributed by atoms with Crippen LogP contribution in [0.5, 0.6) is 0 Å². The van der Waals surface area contributed by atoms with Gasteiger partial charge in [-0.25, -0.2) is 9.59 Å². The second kappa shape index (κ2) is 9.73. The van der Waals surface area contributed by atoms with Crippen molar-refractivity contribution in [2.24, 2.45) is 0 Å². The molecule has 0 aliphatic heterocycles. The minimum Gasteiger partial charge on any atom is -0.463 e. The third-order valence-corrected chi connectivity index (χ3v) is 2.58. The first kappa shape index (κ1) is 17.9. The van der Waals surface area contributed by atoms with Gasteiger partial charge < -0.3 is 9.47 Å². The first-order chi connectivity index (χ1) is 11.1. The van der Waals surface area contributed by atoms with E-state index in [2.05, 4.69) is 4.74 Å². The average Bonchev–Trinajstić information content (AvgIpc) is 2.56. The van der Waals surface area contributed by atoms with E-state index in [1.54, 1.807) is 37.3 Å². The molecule has 0 unspecified atom stereocenters. The summed E-state index contributed by atoms with van der Waals surface area (Å²) < 4.78 is 9.35. The van der Waals surface area contributed by atoms with E-state index in [0.29, 0.717) is 5.69 Å². The molecule has 0 heterocycles. The second-order valence-corrected chi connectivity index (χ2v) is 4.17. The summed E-state index contributed by atoms with van der Waals surface area (Å²) in [4.78, 5) is 35.7. The van der Waals surface area contributed by atoms with E-state index in [4.69, 9.17) is 10.00 Å². The highest BCUT2D eigenvalue weighted by Gasteiger charge is 2.16. The van der Waals surface area contributed by atoms with Crippen LogP contribution < -0.4 is 4.90 Å². The van der Waals surface area contributed by atoms with E-state index in [1.165, 1.54) is 4.90 Å². The van der Waals surface area contributed by atoms with Crippen molar-refractivity contribution in [3.63, 3.8) is 0 Å². The first-order valence-corrected chi connectivity index (χ1v) is 6.82. The van der Waals surface area contributed by atoms with Crippen molar-refractivity contribution >= 4 is 23.5 Å². The minimum absolute atomic E-state index is 0.168. The van der Waals surface area contributed by atoms with Gasteiger partial charge in [-0.1, -0.05) is 18.2 Å². The lowest BCUT2D eigenvalue weighted by Crippen LogP contribution is -2.34. The number of anilines is 1. The number of nitriles is 1. The number of esters is 2. The van der Waals surface area contributed by atoms with Gasteiger partial charge in [-0.05, 0) is 19.1 Å². The first-order valence-electron chi connectivity index (χ1n) is 6.82. The number of rotatable bonds is 7. The lowest BCUT2D eigenvalue weighted by Gasteiger charge is -2.19. The lowest BCUT2D eigenvalue weighted by atomic mass is 10.3. The zero-order chi connectivity index (χ0) is 17.1. The van der Waals surface area contributed by atoms with Gasteiger partial charge in [0.05, 0.1) is 12.7 Å². The van der Waals surface area contributed by atoms with Gasteiger partial charge in [-0.3, -0.25) is 9.69 Å². The van der Waals surface area contributed by atoms with Crippen LogP contribution in [0.4, 0.5) is 5.69 Å². The van der Waals surface area contributed by atoms with Gasteiger partial charge in [0, 0.05) is 17.8 Å². The molecule has 1 aromatic carbocycles. The van der Waals surface area contributed by atoms with Crippen molar-refractivity contribution in [2.75, 3.05) is 24.7 Å². The van der Waals surface area contributed by atoms with Gasteiger partial charge in [0.1, 0.15) is 6.54 Å². The van der Waals surface area contributed by atoms with Crippen molar-refractivity contribution in [1.29, 1.82) is 5.26 Å². The van der Waals surface area contributed by atoms with Gasteiger partial charge in [-0.2, -0.15) is 5.26 Å². The Morgan fingerprint density at radius 2 is 1.74 bits per heavy atom. The monoisotopic (exact) mass is 316 g/mol. The van der Waals surface area contributed by atoms with Crippen LogP contribution in [0.25, 0.3) is 0 Å². The van der Waals surface area contributed by atoms with Crippen molar-refractivity contribution < 1.29 is 23.9 Å². The van der Waals surface area contributed by atoms with Gasteiger partial charge in [0.2, 0.25) is 0 Å². The van der Waals surface area contributed by atoms with Crippen molar-refractivity contribution in [2.45, 2.75) is 6.92 Å². The van der Waals surface area contributed by atoms with E-state index in [9.17, 15) is 14.4 Å². The third-order valence-electron chi connectivity index (χ3n) is 2.58. The maximum Gasteiger partial charge on any atom is 0.331 e. The maximum absolute atomic E-state index is 12.1. The molecule has 0 bridgehead atoms. The van der Waals surface area contributed by atoms with Gasteiger partial charge in [0.15, 0.2) is 6.61 Å². The van der Waals surface area contributed by atoms with Crippen molar-refractivity contribution in [3.8, 4) is 6.07 Å². The summed E-state index contributed by atoms with van der Waals surface area (Å²) in [5, 5.41) is 8.81. The van der Waals surface area contributed by atoms with Crippen LogP contribution in [0.1, 0.15) is 6.92 Å². The molecule has 1 aromatic rings. The molecule has 0 spiro atoms. The largest absolute Gasteiger partial charge is 0.463 e. The molecule has 0 atom stereocenters. The van der Waals surface area contributed by atoms with Crippen LogP contribution in [-0.2, 0) is 23.9 Å². The highest BCUT2D eigenvalue weighted by molar-refractivity contribution is 5.97. The van der Waals surface area contributed by atoms with E-state index >= 15 is 0 Å². The quantitative estimate of drug-likeness (QED) is 0.426. The Hall–Kier alpha value is -3.14. The van der Waals surface area contributed by atoms with Crippen LogP contribution in [0, 0.1) is 11.3 Å². The number of amides is 1. The van der Waals surface area contributed by atoms with Crippen LogP contribution in [0.2, 0.25) is 0 Å². The summed E-state index contributed by atoms with van der Waals surface area (Å²) in [6.45, 7) is 1.12. The number of hydrogen-bond acceptors (Lipinski definition) is 6. The Bertz CT molecular complexity index is 619. The number of hydrogen-bond donors (Lipinski definition) is 0.